The Hall–Kier alpha value is -1.58. The lowest BCUT2D eigenvalue weighted by Crippen LogP contribution is -1.97. The molecule has 3 nitrogen and oxygen atoms in total. The molecule has 0 aliphatic heterocycles. The zero-order valence-electron chi connectivity index (χ0n) is 9.48. The predicted octanol–water partition coefficient (Wildman–Crippen LogP) is 2.87. The second-order valence-electron chi connectivity index (χ2n) is 3.61. The molecular formula is C13H13ClN2O. The highest BCUT2D eigenvalue weighted by molar-refractivity contribution is 6.33. The molecule has 2 N–H and O–H groups in total. The van der Waals surface area contributed by atoms with Crippen LogP contribution in [-0.4, -0.2) is 12.1 Å². The summed E-state index contributed by atoms with van der Waals surface area (Å²) in [5.74, 6) is 0.809. The molecule has 17 heavy (non-hydrogen) atoms. The van der Waals surface area contributed by atoms with Crippen LogP contribution in [-0.2, 0) is 6.54 Å². The molecule has 0 spiro atoms. The van der Waals surface area contributed by atoms with Gasteiger partial charge in [-0.05, 0) is 35.9 Å². The first-order valence-electron chi connectivity index (χ1n) is 5.23. The molecule has 0 radical (unpaired) electrons. The van der Waals surface area contributed by atoms with Gasteiger partial charge in [0.15, 0.2) is 0 Å². The molecule has 1 aromatic heterocycles. The van der Waals surface area contributed by atoms with Gasteiger partial charge in [-0.1, -0.05) is 11.6 Å². The minimum atomic E-state index is 0.440. The number of aromatic nitrogens is 1. The van der Waals surface area contributed by atoms with Crippen molar-refractivity contribution in [2.24, 2.45) is 5.73 Å². The van der Waals surface area contributed by atoms with E-state index in [1.165, 1.54) is 0 Å². The summed E-state index contributed by atoms with van der Waals surface area (Å²) >= 11 is 6.17. The Balaban J connectivity index is 2.38. The average molecular weight is 249 g/mol. The molecular weight excluding hydrogens is 236 g/mol. The van der Waals surface area contributed by atoms with E-state index >= 15 is 0 Å². The predicted molar refractivity (Wildman–Crippen MR) is 69.1 cm³/mol. The van der Waals surface area contributed by atoms with Crippen molar-refractivity contribution in [3.8, 4) is 17.0 Å². The second-order valence-corrected chi connectivity index (χ2v) is 4.01. The summed E-state index contributed by atoms with van der Waals surface area (Å²) in [7, 11) is 1.64. The van der Waals surface area contributed by atoms with E-state index in [1.807, 2.05) is 30.3 Å². The molecule has 0 saturated heterocycles. The van der Waals surface area contributed by atoms with Crippen molar-refractivity contribution in [1.82, 2.24) is 4.98 Å². The van der Waals surface area contributed by atoms with Gasteiger partial charge in [-0.25, -0.2) is 0 Å². The van der Waals surface area contributed by atoms with Crippen LogP contribution in [0, 0.1) is 0 Å². The maximum Gasteiger partial charge on any atom is 0.118 e. The minimum absolute atomic E-state index is 0.440. The fourth-order valence-electron chi connectivity index (χ4n) is 1.55. The molecule has 0 amide bonds. The van der Waals surface area contributed by atoms with E-state index in [2.05, 4.69) is 4.98 Å². The zero-order chi connectivity index (χ0) is 12.3. The summed E-state index contributed by atoms with van der Waals surface area (Å²) in [6.45, 7) is 0.440. The van der Waals surface area contributed by atoms with Crippen LogP contribution in [0.3, 0.4) is 0 Å². The highest BCUT2D eigenvalue weighted by atomic mass is 35.5. The van der Waals surface area contributed by atoms with Gasteiger partial charge in [0.05, 0.1) is 17.8 Å². The summed E-state index contributed by atoms with van der Waals surface area (Å²) in [6.07, 6.45) is 1.74. The molecule has 0 unspecified atom stereocenters. The molecule has 4 heteroatoms. The van der Waals surface area contributed by atoms with Gasteiger partial charge in [0, 0.05) is 18.3 Å². The van der Waals surface area contributed by atoms with Crippen LogP contribution < -0.4 is 10.5 Å². The Kier molecular flexibility index (Phi) is 3.61. The van der Waals surface area contributed by atoms with E-state index in [-0.39, 0.29) is 0 Å². The quantitative estimate of drug-likeness (QED) is 0.909. The molecule has 1 heterocycles. The van der Waals surface area contributed by atoms with Crippen LogP contribution in [0.5, 0.6) is 5.75 Å². The Labute approximate surface area is 105 Å². The van der Waals surface area contributed by atoms with Gasteiger partial charge in [-0.15, -0.1) is 0 Å². The molecule has 0 atom stereocenters. The number of nitrogens with zero attached hydrogens (tertiary/aromatic N) is 1. The SMILES string of the molecule is COc1ccc(-c2ncc(CN)cc2Cl)cc1. The number of pyridine rings is 1. The fourth-order valence-corrected chi connectivity index (χ4v) is 1.85. The number of nitrogens with two attached hydrogens (primary N) is 1. The number of hydrogen-bond acceptors (Lipinski definition) is 3. The smallest absolute Gasteiger partial charge is 0.118 e. The van der Waals surface area contributed by atoms with Crippen molar-refractivity contribution in [2.75, 3.05) is 7.11 Å². The van der Waals surface area contributed by atoms with Crippen molar-refractivity contribution in [3.63, 3.8) is 0 Å². The highest BCUT2D eigenvalue weighted by Crippen LogP contribution is 2.27. The number of benzene rings is 1. The van der Waals surface area contributed by atoms with E-state index in [4.69, 9.17) is 22.1 Å². The van der Waals surface area contributed by atoms with Crippen molar-refractivity contribution < 1.29 is 4.74 Å². The Bertz CT molecular complexity index is 511. The van der Waals surface area contributed by atoms with Gasteiger partial charge in [0.25, 0.3) is 0 Å². The Morgan fingerprint density at radius 3 is 2.53 bits per heavy atom. The van der Waals surface area contributed by atoms with Crippen LogP contribution in [0.15, 0.2) is 36.5 Å². The molecule has 88 valence electrons. The summed E-state index contributed by atoms with van der Waals surface area (Å²) in [5, 5.41) is 0.609. The number of rotatable bonds is 3. The van der Waals surface area contributed by atoms with Crippen molar-refractivity contribution in [3.05, 3.63) is 47.1 Å². The third-order valence-corrected chi connectivity index (χ3v) is 2.79. The molecule has 1 aromatic carbocycles. The monoisotopic (exact) mass is 248 g/mol. The lowest BCUT2D eigenvalue weighted by atomic mass is 10.1. The van der Waals surface area contributed by atoms with Crippen LogP contribution in [0.2, 0.25) is 5.02 Å². The molecule has 0 fully saturated rings. The average Bonchev–Trinajstić information content (AvgIpc) is 2.39. The van der Waals surface area contributed by atoms with Gasteiger partial charge >= 0.3 is 0 Å². The molecule has 0 aliphatic carbocycles. The minimum Gasteiger partial charge on any atom is -0.497 e. The maximum atomic E-state index is 6.17. The third kappa shape index (κ3) is 2.57. The molecule has 2 aromatic rings. The van der Waals surface area contributed by atoms with Crippen molar-refractivity contribution in [2.45, 2.75) is 6.54 Å². The molecule has 0 aliphatic rings. The Morgan fingerprint density at radius 1 is 1.29 bits per heavy atom. The zero-order valence-corrected chi connectivity index (χ0v) is 10.2. The lowest BCUT2D eigenvalue weighted by Gasteiger charge is -2.06. The topological polar surface area (TPSA) is 48.1 Å². The lowest BCUT2D eigenvalue weighted by molar-refractivity contribution is 0.415. The molecule has 0 bridgehead atoms. The van der Waals surface area contributed by atoms with Crippen molar-refractivity contribution in [1.29, 1.82) is 0 Å². The largest absolute Gasteiger partial charge is 0.497 e. The number of halogens is 1. The summed E-state index contributed by atoms with van der Waals surface area (Å²) in [6, 6.07) is 9.45. The summed E-state index contributed by atoms with van der Waals surface area (Å²) < 4.78 is 5.10. The second kappa shape index (κ2) is 5.17. The first kappa shape index (κ1) is 11.9. The first-order chi connectivity index (χ1) is 8.24. The van der Waals surface area contributed by atoms with E-state index < -0.39 is 0 Å². The van der Waals surface area contributed by atoms with E-state index in [9.17, 15) is 0 Å². The Morgan fingerprint density at radius 2 is 2.00 bits per heavy atom. The highest BCUT2D eigenvalue weighted by Gasteiger charge is 2.06. The van der Waals surface area contributed by atoms with Crippen LogP contribution in [0.25, 0.3) is 11.3 Å². The third-order valence-electron chi connectivity index (χ3n) is 2.50. The van der Waals surface area contributed by atoms with Crippen LogP contribution in [0.4, 0.5) is 0 Å². The molecule has 2 rings (SSSR count). The van der Waals surface area contributed by atoms with E-state index in [0.29, 0.717) is 11.6 Å². The van der Waals surface area contributed by atoms with Crippen LogP contribution in [0.1, 0.15) is 5.56 Å². The normalized spacial score (nSPS) is 10.3. The summed E-state index contributed by atoms with van der Waals surface area (Å²) in [4.78, 5) is 4.32. The van der Waals surface area contributed by atoms with Gasteiger partial charge in [0.1, 0.15) is 5.75 Å². The fraction of sp³-hybridized carbons (Fsp3) is 0.154. The molecule has 0 saturated carbocycles. The standard InChI is InChI=1S/C13H13ClN2O/c1-17-11-4-2-10(3-5-11)13-12(14)6-9(7-15)8-16-13/h2-6,8H,7,15H2,1H3. The van der Waals surface area contributed by atoms with Gasteiger partial charge < -0.3 is 10.5 Å². The maximum absolute atomic E-state index is 6.17. The van der Waals surface area contributed by atoms with Gasteiger partial charge in [-0.3, -0.25) is 4.98 Å². The van der Waals surface area contributed by atoms with E-state index in [1.54, 1.807) is 13.3 Å². The number of methoxy groups -OCH3 is 1. The van der Waals surface area contributed by atoms with E-state index in [0.717, 1.165) is 22.6 Å². The van der Waals surface area contributed by atoms with Gasteiger partial charge in [-0.2, -0.15) is 0 Å². The first-order valence-corrected chi connectivity index (χ1v) is 5.61. The van der Waals surface area contributed by atoms with Crippen molar-refractivity contribution >= 4 is 11.6 Å². The number of hydrogen-bond donors (Lipinski definition) is 1. The number of ether oxygens (including phenoxy) is 1. The van der Waals surface area contributed by atoms with Gasteiger partial charge in [0.2, 0.25) is 0 Å². The van der Waals surface area contributed by atoms with Crippen LogP contribution >= 0.6 is 11.6 Å². The summed E-state index contributed by atoms with van der Waals surface area (Å²) in [5.41, 5.74) is 8.17.